The molecule has 1 aliphatic rings. The molecular formula is C14H19Cl2F3N2. The van der Waals surface area contributed by atoms with Crippen LogP contribution in [0.25, 0.3) is 0 Å². The number of hydrogen-bond donors (Lipinski definition) is 1. The maximum absolute atomic E-state index is 14.1. The summed E-state index contributed by atoms with van der Waals surface area (Å²) >= 11 is 6.17. The first-order valence-corrected chi connectivity index (χ1v) is 7.06. The Morgan fingerprint density at radius 1 is 1.29 bits per heavy atom. The molecule has 2 rings (SSSR count). The summed E-state index contributed by atoms with van der Waals surface area (Å²) in [5.74, 6) is -0.509. The lowest BCUT2D eigenvalue weighted by molar-refractivity contribution is 0.0725. The lowest BCUT2D eigenvalue weighted by Gasteiger charge is -2.35. The van der Waals surface area contributed by atoms with E-state index in [1.807, 2.05) is 4.90 Å². The molecule has 0 spiro atoms. The molecule has 1 saturated heterocycles. The number of rotatable bonds is 4. The lowest BCUT2D eigenvalue weighted by atomic mass is 9.98. The van der Waals surface area contributed by atoms with E-state index >= 15 is 0 Å². The molecule has 0 radical (unpaired) electrons. The Hall–Kier alpha value is -0.490. The number of aryl methyl sites for hydroxylation is 1. The second-order valence-corrected chi connectivity index (χ2v) is 5.40. The van der Waals surface area contributed by atoms with E-state index < -0.39 is 24.7 Å². The molecule has 0 amide bonds. The highest BCUT2D eigenvalue weighted by molar-refractivity contribution is 6.32. The van der Waals surface area contributed by atoms with Gasteiger partial charge in [-0.05, 0) is 18.6 Å². The largest absolute Gasteiger partial charge is 0.314 e. The van der Waals surface area contributed by atoms with Crippen molar-refractivity contribution in [2.75, 3.05) is 26.2 Å². The van der Waals surface area contributed by atoms with E-state index in [0.717, 1.165) is 0 Å². The van der Waals surface area contributed by atoms with E-state index in [9.17, 15) is 13.2 Å². The summed E-state index contributed by atoms with van der Waals surface area (Å²) in [5.41, 5.74) is 0.909. The molecule has 7 heteroatoms. The van der Waals surface area contributed by atoms with Crippen LogP contribution in [0, 0.1) is 12.7 Å². The summed E-state index contributed by atoms with van der Waals surface area (Å²) in [6.07, 6.45) is -2.90. The topological polar surface area (TPSA) is 15.3 Å². The number of benzene rings is 1. The van der Waals surface area contributed by atoms with Crippen molar-refractivity contribution < 1.29 is 13.2 Å². The zero-order valence-electron chi connectivity index (χ0n) is 11.7. The van der Waals surface area contributed by atoms with Crippen molar-refractivity contribution in [2.45, 2.75) is 25.8 Å². The number of alkyl halides is 2. The van der Waals surface area contributed by atoms with Gasteiger partial charge in [0.05, 0.1) is 5.02 Å². The molecule has 1 aromatic rings. The SMILES string of the molecule is Cc1ccc(F)c([C@@H](CC(F)F)N2CCNCC2)c1Cl.Cl. The van der Waals surface area contributed by atoms with Crippen LogP contribution in [0.15, 0.2) is 12.1 Å². The van der Waals surface area contributed by atoms with Crippen LogP contribution in [0.4, 0.5) is 13.2 Å². The van der Waals surface area contributed by atoms with Crippen LogP contribution in [0.2, 0.25) is 5.02 Å². The molecule has 0 saturated carbocycles. The molecule has 120 valence electrons. The van der Waals surface area contributed by atoms with Gasteiger partial charge >= 0.3 is 0 Å². The number of halogens is 5. The smallest absolute Gasteiger partial charge is 0.240 e. The molecule has 1 N–H and O–H groups in total. The number of piperazine rings is 1. The minimum absolute atomic E-state index is 0. The van der Waals surface area contributed by atoms with Crippen LogP contribution in [0.3, 0.4) is 0 Å². The van der Waals surface area contributed by atoms with Gasteiger partial charge in [0.2, 0.25) is 6.43 Å². The van der Waals surface area contributed by atoms with Gasteiger partial charge in [0.15, 0.2) is 0 Å². The van der Waals surface area contributed by atoms with Crippen LogP contribution in [0.5, 0.6) is 0 Å². The third-order valence-electron chi connectivity index (χ3n) is 3.65. The van der Waals surface area contributed by atoms with Gasteiger partial charge in [0.1, 0.15) is 5.82 Å². The van der Waals surface area contributed by atoms with E-state index in [-0.39, 0.29) is 23.0 Å². The Balaban J connectivity index is 0.00000220. The third kappa shape index (κ3) is 4.49. The van der Waals surface area contributed by atoms with Gasteiger partial charge in [-0.15, -0.1) is 12.4 Å². The third-order valence-corrected chi connectivity index (χ3v) is 4.15. The summed E-state index contributed by atoms with van der Waals surface area (Å²) in [6, 6.07) is 2.19. The van der Waals surface area contributed by atoms with E-state index in [4.69, 9.17) is 11.6 Å². The first kappa shape index (κ1) is 18.6. The summed E-state index contributed by atoms with van der Waals surface area (Å²) in [4.78, 5) is 1.88. The Kier molecular flexibility index (Phi) is 7.27. The maximum atomic E-state index is 14.1. The Labute approximate surface area is 134 Å². The highest BCUT2D eigenvalue weighted by Crippen LogP contribution is 2.36. The van der Waals surface area contributed by atoms with E-state index in [2.05, 4.69) is 5.32 Å². The molecule has 1 atom stereocenters. The molecular weight excluding hydrogens is 324 g/mol. The van der Waals surface area contributed by atoms with Gasteiger partial charge in [-0.1, -0.05) is 17.7 Å². The number of nitrogens with one attached hydrogen (secondary N) is 1. The van der Waals surface area contributed by atoms with Gasteiger partial charge in [-0.25, -0.2) is 13.2 Å². The van der Waals surface area contributed by atoms with Crippen LogP contribution in [-0.4, -0.2) is 37.5 Å². The average Bonchev–Trinajstić information content (AvgIpc) is 2.43. The molecule has 0 unspecified atom stereocenters. The number of nitrogens with zero attached hydrogens (tertiary/aromatic N) is 1. The van der Waals surface area contributed by atoms with Gasteiger partial charge < -0.3 is 5.32 Å². The predicted molar refractivity (Wildman–Crippen MR) is 81.2 cm³/mol. The molecule has 0 aliphatic carbocycles. The first-order valence-electron chi connectivity index (χ1n) is 6.68. The fourth-order valence-corrected chi connectivity index (χ4v) is 2.88. The molecule has 1 fully saturated rings. The van der Waals surface area contributed by atoms with Crippen molar-refractivity contribution in [1.82, 2.24) is 10.2 Å². The van der Waals surface area contributed by atoms with Crippen molar-refractivity contribution in [3.63, 3.8) is 0 Å². The Morgan fingerprint density at radius 3 is 2.48 bits per heavy atom. The van der Waals surface area contributed by atoms with Crippen molar-refractivity contribution in [1.29, 1.82) is 0 Å². The highest BCUT2D eigenvalue weighted by atomic mass is 35.5. The van der Waals surface area contributed by atoms with Gasteiger partial charge in [0.25, 0.3) is 0 Å². The standard InChI is InChI=1S/C14H18ClF3N2.ClH/c1-9-2-3-10(16)13(14(9)15)11(8-12(17)18)20-6-4-19-5-7-20;/h2-3,11-12,19H,4-8H2,1H3;1H/t11-;/m1./s1. The predicted octanol–water partition coefficient (Wildman–Crippen LogP) is 3.81. The Morgan fingerprint density at radius 2 is 1.90 bits per heavy atom. The molecule has 1 heterocycles. The molecule has 1 aromatic carbocycles. The van der Waals surface area contributed by atoms with E-state index in [1.54, 1.807) is 13.0 Å². The van der Waals surface area contributed by atoms with Crippen LogP contribution in [0.1, 0.15) is 23.6 Å². The monoisotopic (exact) mass is 342 g/mol. The zero-order chi connectivity index (χ0) is 14.7. The summed E-state index contributed by atoms with van der Waals surface area (Å²) in [6.45, 7) is 4.40. The van der Waals surface area contributed by atoms with Crippen molar-refractivity contribution in [2.24, 2.45) is 0 Å². The quantitative estimate of drug-likeness (QED) is 0.894. The van der Waals surface area contributed by atoms with E-state index in [0.29, 0.717) is 31.7 Å². The fraction of sp³-hybridized carbons (Fsp3) is 0.571. The van der Waals surface area contributed by atoms with Crippen LogP contribution in [-0.2, 0) is 0 Å². The summed E-state index contributed by atoms with van der Waals surface area (Å²) in [5, 5.41) is 3.42. The lowest BCUT2D eigenvalue weighted by Crippen LogP contribution is -2.45. The van der Waals surface area contributed by atoms with Crippen LogP contribution < -0.4 is 5.32 Å². The fourth-order valence-electron chi connectivity index (χ4n) is 2.60. The average molecular weight is 343 g/mol. The van der Waals surface area contributed by atoms with Gasteiger partial charge in [-0.2, -0.15) is 0 Å². The molecule has 2 nitrogen and oxygen atoms in total. The second kappa shape index (κ2) is 8.22. The molecule has 1 aliphatic heterocycles. The minimum atomic E-state index is -2.49. The van der Waals surface area contributed by atoms with E-state index in [1.165, 1.54) is 6.07 Å². The summed E-state index contributed by atoms with van der Waals surface area (Å²) < 4.78 is 39.9. The summed E-state index contributed by atoms with van der Waals surface area (Å²) in [7, 11) is 0. The molecule has 0 aromatic heterocycles. The zero-order valence-corrected chi connectivity index (χ0v) is 13.3. The minimum Gasteiger partial charge on any atom is -0.314 e. The molecule has 21 heavy (non-hydrogen) atoms. The van der Waals surface area contributed by atoms with Crippen molar-refractivity contribution in [3.8, 4) is 0 Å². The van der Waals surface area contributed by atoms with Gasteiger partial charge in [0, 0.05) is 44.2 Å². The number of hydrogen-bond acceptors (Lipinski definition) is 2. The van der Waals surface area contributed by atoms with Gasteiger partial charge in [-0.3, -0.25) is 4.90 Å². The molecule has 0 bridgehead atoms. The van der Waals surface area contributed by atoms with Crippen molar-refractivity contribution in [3.05, 3.63) is 34.1 Å². The maximum Gasteiger partial charge on any atom is 0.240 e. The Bertz CT molecular complexity index is 466. The first-order chi connectivity index (χ1) is 9.50. The normalized spacial score (nSPS) is 17.6. The highest BCUT2D eigenvalue weighted by Gasteiger charge is 2.29. The van der Waals surface area contributed by atoms with Crippen LogP contribution >= 0.6 is 24.0 Å². The second-order valence-electron chi connectivity index (χ2n) is 5.02. The van der Waals surface area contributed by atoms with Crippen molar-refractivity contribution >= 4 is 24.0 Å².